The van der Waals surface area contributed by atoms with Crippen molar-refractivity contribution in [2.24, 2.45) is 0 Å². The van der Waals surface area contributed by atoms with Gasteiger partial charge in [0.25, 0.3) is 10.0 Å². The molecule has 0 unspecified atom stereocenters. The third kappa shape index (κ3) is 4.96. The summed E-state index contributed by atoms with van der Waals surface area (Å²) in [5, 5.41) is 2.73. The second kappa shape index (κ2) is 9.11. The molecule has 3 rings (SSSR count). The van der Waals surface area contributed by atoms with Gasteiger partial charge in [0.05, 0.1) is 17.7 Å². The Kier molecular flexibility index (Phi) is 6.56. The average Bonchev–Trinajstić information content (AvgIpc) is 2.72. The van der Waals surface area contributed by atoms with Crippen LogP contribution in [-0.2, 0) is 14.8 Å². The summed E-state index contributed by atoms with van der Waals surface area (Å²) in [6.07, 6.45) is 0. The molecule has 150 valence electrons. The van der Waals surface area contributed by atoms with Gasteiger partial charge in [-0.2, -0.15) is 0 Å². The maximum atomic E-state index is 13.3. The molecule has 8 heteroatoms. The summed E-state index contributed by atoms with van der Waals surface area (Å²) >= 11 is 3.35. The van der Waals surface area contributed by atoms with Gasteiger partial charge in [-0.1, -0.05) is 52.3 Å². The van der Waals surface area contributed by atoms with Crippen LogP contribution >= 0.6 is 15.9 Å². The lowest BCUT2D eigenvalue weighted by atomic mass is 10.3. The highest BCUT2D eigenvalue weighted by Gasteiger charge is 2.29. The molecular weight excluding hydrogens is 456 g/mol. The molecule has 1 N–H and O–H groups in total. The van der Waals surface area contributed by atoms with E-state index in [0.29, 0.717) is 11.4 Å². The Labute approximate surface area is 178 Å². The van der Waals surface area contributed by atoms with Crippen LogP contribution in [0.4, 0.5) is 11.4 Å². The SMILES string of the molecule is COc1ccccc1N(CC(=O)Nc1cccc(Br)c1)S(=O)(=O)c1ccccc1. The molecule has 6 nitrogen and oxygen atoms in total. The lowest BCUT2D eigenvalue weighted by molar-refractivity contribution is -0.114. The number of methoxy groups -OCH3 is 1. The molecule has 0 atom stereocenters. The normalized spacial score (nSPS) is 11.0. The van der Waals surface area contributed by atoms with Gasteiger partial charge >= 0.3 is 0 Å². The first-order valence-corrected chi connectivity index (χ1v) is 10.9. The average molecular weight is 475 g/mol. The smallest absolute Gasteiger partial charge is 0.264 e. The molecule has 0 aromatic heterocycles. The number of hydrogen-bond donors (Lipinski definition) is 1. The number of anilines is 2. The lowest BCUT2D eigenvalue weighted by Crippen LogP contribution is -2.38. The number of benzene rings is 3. The topological polar surface area (TPSA) is 75.7 Å². The maximum Gasteiger partial charge on any atom is 0.264 e. The number of para-hydroxylation sites is 2. The van der Waals surface area contributed by atoms with E-state index < -0.39 is 22.5 Å². The van der Waals surface area contributed by atoms with Gasteiger partial charge < -0.3 is 10.1 Å². The van der Waals surface area contributed by atoms with E-state index in [1.807, 2.05) is 6.07 Å². The monoisotopic (exact) mass is 474 g/mol. The third-order valence-corrected chi connectivity index (χ3v) is 6.35. The van der Waals surface area contributed by atoms with Crippen LogP contribution < -0.4 is 14.4 Å². The summed E-state index contributed by atoms with van der Waals surface area (Å²) in [7, 11) is -2.55. The third-order valence-electron chi connectivity index (χ3n) is 4.08. The first kappa shape index (κ1) is 20.9. The highest BCUT2D eigenvalue weighted by molar-refractivity contribution is 9.10. The first-order valence-electron chi connectivity index (χ1n) is 8.68. The van der Waals surface area contributed by atoms with Gasteiger partial charge in [0, 0.05) is 10.2 Å². The zero-order chi connectivity index (χ0) is 20.9. The van der Waals surface area contributed by atoms with Gasteiger partial charge in [-0.15, -0.1) is 0 Å². The Hall–Kier alpha value is -2.84. The molecule has 3 aromatic carbocycles. The Balaban J connectivity index is 1.98. The fourth-order valence-electron chi connectivity index (χ4n) is 2.75. The van der Waals surface area contributed by atoms with Crippen molar-refractivity contribution in [2.75, 3.05) is 23.3 Å². The van der Waals surface area contributed by atoms with Crippen molar-refractivity contribution in [3.63, 3.8) is 0 Å². The molecule has 0 aliphatic heterocycles. The predicted molar refractivity (Wildman–Crippen MR) is 117 cm³/mol. The number of amides is 1. The van der Waals surface area contributed by atoms with Crippen LogP contribution in [0.5, 0.6) is 5.75 Å². The van der Waals surface area contributed by atoms with Crippen molar-refractivity contribution in [1.82, 2.24) is 0 Å². The maximum absolute atomic E-state index is 13.3. The Morgan fingerprint density at radius 1 is 1.00 bits per heavy atom. The fraction of sp³-hybridized carbons (Fsp3) is 0.0952. The summed E-state index contributed by atoms with van der Waals surface area (Å²) in [6, 6.07) is 21.7. The van der Waals surface area contributed by atoms with Gasteiger partial charge in [-0.3, -0.25) is 9.10 Å². The van der Waals surface area contributed by atoms with Gasteiger partial charge in [-0.05, 0) is 42.5 Å². The molecule has 0 saturated heterocycles. The van der Waals surface area contributed by atoms with Crippen molar-refractivity contribution in [3.8, 4) is 5.75 Å². The van der Waals surface area contributed by atoms with E-state index in [-0.39, 0.29) is 10.6 Å². The Bertz CT molecular complexity index is 1100. The summed E-state index contributed by atoms with van der Waals surface area (Å²) in [4.78, 5) is 12.8. The minimum Gasteiger partial charge on any atom is -0.495 e. The predicted octanol–water partition coefficient (Wildman–Crippen LogP) is 4.29. The van der Waals surface area contributed by atoms with E-state index in [1.165, 1.54) is 19.2 Å². The second-order valence-corrected chi connectivity index (χ2v) is 8.83. The van der Waals surface area contributed by atoms with Crippen LogP contribution in [0.2, 0.25) is 0 Å². The van der Waals surface area contributed by atoms with E-state index >= 15 is 0 Å². The molecule has 0 aliphatic rings. The Morgan fingerprint density at radius 2 is 1.69 bits per heavy atom. The van der Waals surface area contributed by atoms with Crippen LogP contribution in [0, 0.1) is 0 Å². The van der Waals surface area contributed by atoms with E-state index in [9.17, 15) is 13.2 Å². The number of halogens is 1. The summed E-state index contributed by atoms with van der Waals surface area (Å²) in [6.45, 7) is -0.413. The molecule has 3 aromatic rings. The van der Waals surface area contributed by atoms with Gasteiger partial charge in [0.15, 0.2) is 0 Å². The number of nitrogens with one attached hydrogen (secondary N) is 1. The molecular formula is C21H19BrN2O4S. The largest absolute Gasteiger partial charge is 0.495 e. The van der Waals surface area contributed by atoms with Crippen molar-refractivity contribution in [3.05, 3.63) is 83.3 Å². The van der Waals surface area contributed by atoms with Gasteiger partial charge in [-0.25, -0.2) is 8.42 Å². The van der Waals surface area contributed by atoms with Gasteiger partial charge in [0.2, 0.25) is 5.91 Å². The number of nitrogens with zero attached hydrogens (tertiary/aromatic N) is 1. The summed E-state index contributed by atoms with van der Waals surface area (Å²) in [5.74, 6) is -0.129. The minimum atomic E-state index is -4.00. The molecule has 1 amide bonds. The van der Waals surface area contributed by atoms with E-state index in [0.717, 1.165) is 8.78 Å². The van der Waals surface area contributed by atoms with Crippen molar-refractivity contribution < 1.29 is 17.9 Å². The molecule has 0 saturated carbocycles. The van der Waals surface area contributed by atoms with E-state index in [4.69, 9.17) is 4.74 Å². The van der Waals surface area contributed by atoms with Crippen molar-refractivity contribution >= 4 is 43.2 Å². The number of sulfonamides is 1. The summed E-state index contributed by atoms with van der Waals surface area (Å²) < 4.78 is 33.8. The zero-order valence-corrected chi connectivity index (χ0v) is 18.0. The first-order chi connectivity index (χ1) is 13.9. The molecule has 0 heterocycles. The number of hydrogen-bond acceptors (Lipinski definition) is 4. The molecule has 29 heavy (non-hydrogen) atoms. The van der Waals surface area contributed by atoms with Crippen LogP contribution in [-0.4, -0.2) is 28.0 Å². The number of ether oxygens (including phenoxy) is 1. The van der Waals surface area contributed by atoms with Crippen molar-refractivity contribution in [2.45, 2.75) is 4.90 Å². The van der Waals surface area contributed by atoms with Crippen LogP contribution in [0.25, 0.3) is 0 Å². The molecule has 0 aliphatic carbocycles. The van der Waals surface area contributed by atoms with Crippen LogP contribution in [0.1, 0.15) is 0 Å². The van der Waals surface area contributed by atoms with Gasteiger partial charge in [0.1, 0.15) is 12.3 Å². The number of rotatable bonds is 7. The number of carbonyl (C=O) groups excluding carboxylic acids is 1. The van der Waals surface area contributed by atoms with E-state index in [2.05, 4.69) is 21.2 Å². The highest BCUT2D eigenvalue weighted by Crippen LogP contribution is 2.32. The zero-order valence-electron chi connectivity index (χ0n) is 15.6. The molecule has 0 spiro atoms. The number of carbonyl (C=O) groups is 1. The molecule has 0 bridgehead atoms. The van der Waals surface area contributed by atoms with Crippen LogP contribution in [0.3, 0.4) is 0 Å². The lowest BCUT2D eigenvalue weighted by Gasteiger charge is -2.25. The standard InChI is InChI=1S/C21H19BrN2O4S/c1-28-20-13-6-5-12-19(20)24(29(26,27)18-10-3-2-4-11-18)15-21(25)23-17-9-7-8-16(22)14-17/h2-14H,15H2,1H3,(H,23,25). The van der Waals surface area contributed by atoms with Crippen LogP contribution in [0.15, 0.2) is 88.2 Å². The fourth-order valence-corrected chi connectivity index (χ4v) is 4.60. The summed E-state index contributed by atoms with van der Waals surface area (Å²) in [5.41, 5.74) is 0.838. The van der Waals surface area contributed by atoms with Crippen molar-refractivity contribution in [1.29, 1.82) is 0 Å². The quantitative estimate of drug-likeness (QED) is 0.553. The molecule has 0 fully saturated rings. The Morgan fingerprint density at radius 3 is 2.38 bits per heavy atom. The molecule has 0 radical (unpaired) electrons. The highest BCUT2D eigenvalue weighted by atomic mass is 79.9. The minimum absolute atomic E-state index is 0.0844. The second-order valence-electron chi connectivity index (χ2n) is 6.06. The van der Waals surface area contributed by atoms with E-state index in [1.54, 1.807) is 60.7 Å².